The Bertz CT molecular complexity index is 907. The number of nitrogens with one attached hydrogen (secondary N) is 2. The van der Waals surface area contributed by atoms with Crippen molar-refractivity contribution in [3.05, 3.63) is 29.3 Å². The van der Waals surface area contributed by atoms with Crippen molar-refractivity contribution < 1.29 is 19.2 Å². The number of benzene rings is 1. The molecule has 2 aliphatic heterocycles. The smallest absolute Gasteiger partial charge is 0.264 e. The number of hydrogen-bond acceptors (Lipinski definition) is 6. The Balaban J connectivity index is 1.44. The molecule has 2 N–H and O–H groups in total. The molecule has 1 aromatic carbocycles. The Morgan fingerprint density at radius 3 is 2.48 bits per heavy atom. The van der Waals surface area contributed by atoms with Gasteiger partial charge in [0, 0.05) is 24.7 Å². The molecule has 8 heteroatoms. The Morgan fingerprint density at radius 1 is 1.06 bits per heavy atom. The molecule has 31 heavy (non-hydrogen) atoms. The fraction of sp³-hybridized carbons (Fsp3) is 0.565. The number of piperidine rings is 1. The van der Waals surface area contributed by atoms with Crippen molar-refractivity contribution in [3.63, 3.8) is 0 Å². The van der Waals surface area contributed by atoms with Gasteiger partial charge in [-0.3, -0.25) is 29.4 Å². The molecule has 1 unspecified atom stereocenters. The summed E-state index contributed by atoms with van der Waals surface area (Å²) in [4.78, 5) is 53.2. The van der Waals surface area contributed by atoms with E-state index in [1.807, 2.05) is 6.07 Å². The highest BCUT2D eigenvalue weighted by Crippen LogP contribution is 2.33. The number of rotatable bonds is 6. The maximum Gasteiger partial charge on any atom is 0.264 e. The van der Waals surface area contributed by atoms with Gasteiger partial charge in [-0.05, 0) is 63.7 Å². The summed E-state index contributed by atoms with van der Waals surface area (Å²) < 4.78 is 0. The molecule has 3 aliphatic rings. The minimum Gasteiger partial charge on any atom is -0.384 e. The highest BCUT2D eigenvalue weighted by molar-refractivity contribution is 6.25. The Labute approximate surface area is 182 Å². The lowest BCUT2D eigenvalue weighted by Gasteiger charge is -2.34. The molecule has 0 spiro atoms. The summed E-state index contributed by atoms with van der Waals surface area (Å²) >= 11 is 0. The molecule has 0 aromatic heterocycles. The van der Waals surface area contributed by atoms with Crippen LogP contribution in [0.4, 0.5) is 5.69 Å². The number of carbonyl (C=O) groups is 4. The molecule has 1 aromatic rings. The van der Waals surface area contributed by atoms with Gasteiger partial charge in [0.15, 0.2) is 0 Å². The molecule has 0 radical (unpaired) electrons. The first kappa shape index (κ1) is 21.5. The van der Waals surface area contributed by atoms with Crippen LogP contribution in [0.15, 0.2) is 18.2 Å². The maximum atomic E-state index is 13.2. The van der Waals surface area contributed by atoms with E-state index in [0.29, 0.717) is 28.8 Å². The standard InChI is InChI=1S/C23H30N4O4/c1-3-26(2)15-9-7-14(8-10-15)13-24-17-6-4-5-16-20(17)23(31)27(22(16)30)18-11-12-19(28)25-21(18)29/h4-6,14-15,18,24H,3,7-13H2,1-2H3,(H,25,28,29)/t14-,15-,18?. The average molecular weight is 427 g/mol. The number of fused-ring (bicyclic) bond motifs is 1. The Hall–Kier alpha value is -2.74. The third kappa shape index (κ3) is 4.08. The summed E-state index contributed by atoms with van der Waals surface area (Å²) in [5, 5.41) is 5.63. The number of anilines is 1. The second kappa shape index (κ2) is 8.78. The van der Waals surface area contributed by atoms with Crippen molar-refractivity contribution >= 4 is 29.3 Å². The minimum atomic E-state index is -0.941. The van der Waals surface area contributed by atoms with Gasteiger partial charge in [0.1, 0.15) is 6.04 Å². The molecule has 4 rings (SSSR count). The SMILES string of the molecule is CCN(C)[C@H]1CC[C@H](CNc2cccc3c2C(=O)N(C2CCC(=O)NC2=O)C3=O)CC1. The predicted octanol–water partition coefficient (Wildman–Crippen LogP) is 2.01. The van der Waals surface area contributed by atoms with Crippen molar-refractivity contribution in [1.82, 2.24) is 15.1 Å². The second-order valence-corrected chi connectivity index (χ2v) is 8.80. The van der Waals surface area contributed by atoms with Crippen LogP contribution < -0.4 is 10.6 Å². The Kier molecular flexibility index (Phi) is 6.09. The molecule has 1 aliphatic carbocycles. The van der Waals surface area contributed by atoms with Crippen molar-refractivity contribution in [2.24, 2.45) is 5.92 Å². The zero-order valence-corrected chi connectivity index (χ0v) is 18.1. The lowest BCUT2D eigenvalue weighted by Crippen LogP contribution is -2.54. The van der Waals surface area contributed by atoms with Gasteiger partial charge in [0.25, 0.3) is 11.8 Å². The normalized spacial score (nSPS) is 26.3. The third-order valence-corrected chi connectivity index (χ3v) is 6.99. The van der Waals surface area contributed by atoms with Gasteiger partial charge in [-0.2, -0.15) is 0 Å². The Morgan fingerprint density at radius 2 is 1.81 bits per heavy atom. The molecule has 2 fully saturated rings. The van der Waals surface area contributed by atoms with Crippen LogP contribution in [-0.4, -0.2) is 65.6 Å². The molecule has 166 valence electrons. The average Bonchev–Trinajstić information content (AvgIpc) is 3.03. The van der Waals surface area contributed by atoms with Gasteiger partial charge in [-0.25, -0.2) is 0 Å². The van der Waals surface area contributed by atoms with Crippen LogP contribution in [0.3, 0.4) is 0 Å². The van der Waals surface area contributed by atoms with E-state index >= 15 is 0 Å². The van der Waals surface area contributed by atoms with E-state index in [1.165, 1.54) is 12.8 Å². The fourth-order valence-corrected chi connectivity index (χ4v) is 4.96. The number of carbonyl (C=O) groups excluding carboxylic acids is 4. The first-order valence-electron chi connectivity index (χ1n) is 11.2. The van der Waals surface area contributed by atoms with Crippen molar-refractivity contribution in [1.29, 1.82) is 0 Å². The summed E-state index contributed by atoms with van der Waals surface area (Å²) in [6.45, 7) is 3.99. The van der Waals surface area contributed by atoms with E-state index in [4.69, 9.17) is 0 Å². The molecule has 1 saturated carbocycles. The van der Waals surface area contributed by atoms with Gasteiger partial charge in [-0.15, -0.1) is 0 Å². The van der Waals surface area contributed by atoms with Crippen LogP contribution in [0.5, 0.6) is 0 Å². The fourth-order valence-electron chi connectivity index (χ4n) is 4.96. The second-order valence-electron chi connectivity index (χ2n) is 8.80. The van der Waals surface area contributed by atoms with Crippen LogP contribution in [0.1, 0.15) is 66.2 Å². The molecule has 1 saturated heterocycles. The van der Waals surface area contributed by atoms with E-state index in [2.05, 4.69) is 29.5 Å². The first-order valence-corrected chi connectivity index (χ1v) is 11.2. The van der Waals surface area contributed by atoms with Crippen LogP contribution in [0.2, 0.25) is 0 Å². The van der Waals surface area contributed by atoms with Gasteiger partial charge in [0.2, 0.25) is 11.8 Å². The van der Waals surface area contributed by atoms with Crippen molar-refractivity contribution in [2.45, 2.75) is 57.5 Å². The van der Waals surface area contributed by atoms with Gasteiger partial charge < -0.3 is 10.2 Å². The van der Waals surface area contributed by atoms with E-state index in [-0.39, 0.29) is 18.7 Å². The summed E-state index contributed by atoms with van der Waals surface area (Å²) in [6.07, 6.45) is 4.88. The largest absolute Gasteiger partial charge is 0.384 e. The number of amides is 4. The molecule has 4 amide bonds. The monoisotopic (exact) mass is 426 g/mol. The molecular weight excluding hydrogens is 396 g/mol. The van der Waals surface area contributed by atoms with Gasteiger partial charge in [0.05, 0.1) is 11.1 Å². The van der Waals surface area contributed by atoms with Crippen molar-refractivity contribution in [2.75, 3.05) is 25.5 Å². The summed E-state index contributed by atoms with van der Waals surface area (Å²) in [6, 6.07) is 4.90. The topological polar surface area (TPSA) is 98.8 Å². The van der Waals surface area contributed by atoms with E-state index in [9.17, 15) is 19.2 Å². The molecule has 8 nitrogen and oxygen atoms in total. The van der Waals surface area contributed by atoms with Crippen LogP contribution >= 0.6 is 0 Å². The number of imide groups is 2. The summed E-state index contributed by atoms with van der Waals surface area (Å²) in [7, 11) is 2.17. The first-order chi connectivity index (χ1) is 14.9. The zero-order chi connectivity index (χ0) is 22.1. The maximum absolute atomic E-state index is 13.2. The number of nitrogens with zero attached hydrogens (tertiary/aromatic N) is 2. The molecule has 1 atom stereocenters. The summed E-state index contributed by atoms with van der Waals surface area (Å²) in [5.41, 5.74) is 1.28. The molecule has 2 heterocycles. The van der Waals surface area contributed by atoms with Gasteiger partial charge in [-0.1, -0.05) is 13.0 Å². The minimum absolute atomic E-state index is 0.116. The van der Waals surface area contributed by atoms with E-state index < -0.39 is 23.8 Å². The highest BCUT2D eigenvalue weighted by atomic mass is 16.2. The molecular formula is C23H30N4O4. The lowest BCUT2D eigenvalue weighted by atomic mass is 9.85. The van der Waals surface area contributed by atoms with Crippen LogP contribution in [0.25, 0.3) is 0 Å². The third-order valence-electron chi connectivity index (χ3n) is 6.99. The lowest BCUT2D eigenvalue weighted by molar-refractivity contribution is -0.136. The van der Waals surface area contributed by atoms with Gasteiger partial charge >= 0.3 is 0 Å². The molecule has 0 bridgehead atoms. The highest BCUT2D eigenvalue weighted by Gasteiger charge is 2.45. The predicted molar refractivity (Wildman–Crippen MR) is 116 cm³/mol. The summed E-state index contributed by atoms with van der Waals surface area (Å²) in [5.74, 6) is -1.38. The van der Waals surface area contributed by atoms with E-state index in [1.54, 1.807) is 12.1 Å². The van der Waals surface area contributed by atoms with E-state index in [0.717, 1.165) is 30.8 Å². The number of hydrogen-bond donors (Lipinski definition) is 2. The zero-order valence-electron chi connectivity index (χ0n) is 18.1. The van der Waals surface area contributed by atoms with Crippen LogP contribution in [0, 0.1) is 5.92 Å². The van der Waals surface area contributed by atoms with Crippen molar-refractivity contribution in [3.8, 4) is 0 Å². The van der Waals surface area contributed by atoms with Crippen LogP contribution in [-0.2, 0) is 9.59 Å². The quantitative estimate of drug-likeness (QED) is 0.675.